The third-order valence-corrected chi connectivity index (χ3v) is 2.31. The molecule has 20 heavy (non-hydrogen) atoms. The Kier molecular flexibility index (Phi) is 10.1. The van der Waals surface area contributed by atoms with Crippen molar-refractivity contribution in [3.05, 3.63) is 0 Å². The number of ether oxygens (including phenoxy) is 3. The van der Waals surface area contributed by atoms with E-state index in [1.807, 2.05) is 0 Å². The summed E-state index contributed by atoms with van der Waals surface area (Å²) in [6.07, 6.45) is -0.425. The predicted molar refractivity (Wildman–Crippen MR) is 71.1 cm³/mol. The van der Waals surface area contributed by atoms with Crippen molar-refractivity contribution in [3.8, 4) is 0 Å². The zero-order valence-corrected chi connectivity index (χ0v) is 12.3. The minimum atomic E-state index is -0.555. The molecule has 0 unspecified atom stereocenters. The quantitative estimate of drug-likeness (QED) is 0.471. The molecular weight excluding hydrogens is 266 g/mol. The largest absolute Gasteiger partial charge is 0.466 e. The van der Waals surface area contributed by atoms with E-state index < -0.39 is 18.0 Å². The molecule has 0 aromatic rings. The number of carbonyl (C=O) groups is 3. The van der Waals surface area contributed by atoms with E-state index in [1.165, 1.54) is 4.90 Å². The number of carbonyl (C=O) groups excluding carboxylic acids is 3. The lowest BCUT2D eigenvalue weighted by atomic mass is 10.3. The highest BCUT2D eigenvalue weighted by Gasteiger charge is 2.18. The fourth-order valence-corrected chi connectivity index (χ4v) is 1.43. The maximum atomic E-state index is 11.7. The molecule has 0 N–H and O–H groups in total. The lowest BCUT2D eigenvalue weighted by Crippen LogP contribution is -2.35. The Bertz CT molecular complexity index is 296. The van der Waals surface area contributed by atoms with Gasteiger partial charge < -0.3 is 19.1 Å². The zero-order chi connectivity index (χ0) is 15.4. The minimum absolute atomic E-state index is 0.0650. The smallest absolute Gasteiger partial charge is 0.409 e. The first-order valence-electron chi connectivity index (χ1n) is 6.78. The van der Waals surface area contributed by atoms with Gasteiger partial charge in [-0.1, -0.05) is 0 Å². The highest BCUT2D eigenvalue weighted by Crippen LogP contribution is 2.01. The van der Waals surface area contributed by atoms with Gasteiger partial charge in [0.1, 0.15) is 0 Å². The average molecular weight is 289 g/mol. The maximum Gasteiger partial charge on any atom is 0.409 e. The maximum absolute atomic E-state index is 11.7. The van der Waals surface area contributed by atoms with Crippen LogP contribution in [0.5, 0.6) is 0 Å². The van der Waals surface area contributed by atoms with Gasteiger partial charge in [-0.25, -0.2) is 4.79 Å². The number of hydrogen-bond acceptors (Lipinski definition) is 6. The Morgan fingerprint density at radius 1 is 0.750 bits per heavy atom. The van der Waals surface area contributed by atoms with Crippen molar-refractivity contribution >= 4 is 18.0 Å². The molecule has 0 aliphatic heterocycles. The molecule has 0 aromatic carbocycles. The topological polar surface area (TPSA) is 82.1 Å². The average Bonchev–Trinajstić information content (AvgIpc) is 2.39. The van der Waals surface area contributed by atoms with Crippen LogP contribution in [0.4, 0.5) is 4.79 Å². The summed E-state index contributed by atoms with van der Waals surface area (Å²) in [5, 5.41) is 0. The summed E-state index contributed by atoms with van der Waals surface area (Å²) in [5.41, 5.74) is 0. The van der Waals surface area contributed by atoms with Crippen LogP contribution in [0, 0.1) is 0 Å². The van der Waals surface area contributed by atoms with Gasteiger partial charge in [-0.15, -0.1) is 0 Å². The van der Waals surface area contributed by atoms with Crippen LogP contribution in [-0.2, 0) is 23.8 Å². The van der Waals surface area contributed by atoms with Crippen LogP contribution in [0.3, 0.4) is 0 Å². The normalized spacial score (nSPS) is 9.75. The molecule has 7 heteroatoms. The molecule has 0 spiro atoms. The number of amides is 1. The first kappa shape index (κ1) is 18.2. The van der Waals surface area contributed by atoms with E-state index in [0.717, 1.165) is 0 Å². The van der Waals surface area contributed by atoms with Crippen molar-refractivity contribution < 1.29 is 28.6 Å². The molecule has 0 heterocycles. The second kappa shape index (κ2) is 11.1. The summed E-state index contributed by atoms with van der Waals surface area (Å²) < 4.78 is 14.4. The zero-order valence-electron chi connectivity index (χ0n) is 12.3. The Labute approximate surface area is 119 Å². The van der Waals surface area contributed by atoms with Gasteiger partial charge in [-0.05, 0) is 20.8 Å². The lowest BCUT2D eigenvalue weighted by molar-refractivity contribution is -0.143. The van der Waals surface area contributed by atoms with Crippen LogP contribution in [0.15, 0.2) is 0 Å². The summed E-state index contributed by atoms with van der Waals surface area (Å²) in [6, 6.07) is 0. The van der Waals surface area contributed by atoms with Crippen molar-refractivity contribution in [2.24, 2.45) is 0 Å². The molecule has 0 bridgehead atoms. The fraction of sp³-hybridized carbons (Fsp3) is 0.769. The van der Waals surface area contributed by atoms with Crippen molar-refractivity contribution in [3.63, 3.8) is 0 Å². The number of nitrogens with zero attached hydrogens (tertiary/aromatic N) is 1. The second-order valence-corrected chi connectivity index (χ2v) is 3.80. The van der Waals surface area contributed by atoms with Gasteiger partial charge in [-0.3, -0.25) is 9.59 Å². The van der Waals surface area contributed by atoms with Crippen LogP contribution in [0.25, 0.3) is 0 Å². The first-order chi connectivity index (χ1) is 9.54. The molecule has 0 atom stereocenters. The summed E-state index contributed by atoms with van der Waals surface area (Å²) in [7, 11) is 0. The van der Waals surface area contributed by atoms with Gasteiger partial charge in [0.05, 0.1) is 32.7 Å². The van der Waals surface area contributed by atoms with Crippen LogP contribution in [-0.4, -0.2) is 55.8 Å². The highest BCUT2D eigenvalue weighted by molar-refractivity contribution is 5.73. The SMILES string of the molecule is CCOC(=O)CCN(CCC(=O)OCC)C(=O)OCC. The molecule has 0 aliphatic rings. The minimum Gasteiger partial charge on any atom is -0.466 e. The van der Waals surface area contributed by atoms with Crippen LogP contribution < -0.4 is 0 Å². The molecule has 1 amide bonds. The molecule has 0 radical (unpaired) electrons. The summed E-state index contributed by atoms with van der Waals surface area (Å²) >= 11 is 0. The van der Waals surface area contributed by atoms with E-state index in [2.05, 4.69) is 0 Å². The Balaban J connectivity index is 4.30. The molecular formula is C13H23NO6. The van der Waals surface area contributed by atoms with Crippen LogP contribution >= 0.6 is 0 Å². The van der Waals surface area contributed by atoms with E-state index in [4.69, 9.17) is 14.2 Å². The summed E-state index contributed by atoms with van der Waals surface area (Å²) in [5.74, 6) is -0.782. The van der Waals surface area contributed by atoms with Crippen molar-refractivity contribution in [1.82, 2.24) is 4.90 Å². The Hall–Kier alpha value is -1.79. The van der Waals surface area contributed by atoms with E-state index >= 15 is 0 Å². The molecule has 0 fully saturated rings. The molecule has 0 rings (SSSR count). The third kappa shape index (κ3) is 8.34. The molecule has 0 saturated carbocycles. The monoisotopic (exact) mass is 289 g/mol. The lowest BCUT2D eigenvalue weighted by Gasteiger charge is -2.20. The van der Waals surface area contributed by atoms with Crippen LogP contribution in [0.2, 0.25) is 0 Å². The van der Waals surface area contributed by atoms with Crippen molar-refractivity contribution in [1.29, 1.82) is 0 Å². The highest BCUT2D eigenvalue weighted by atomic mass is 16.6. The van der Waals surface area contributed by atoms with Crippen LogP contribution in [0.1, 0.15) is 33.6 Å². The van der Waals surface area contributed by atoms with Gasteiger partial charge in [0, 0.05) is 13.1 Å². The second-order valence-electron chi connectivity index (χ2n) is 3.80. The van der Waals surface area contributed by atoms with Gasteiger partial charge in [0.2, 0.25) is 0 Å². The van der Waals surface area contributed by atoms with Gasteiger partial charge in [0.15, 0.2) is 0 Å². The number of hydrogen-bond donors (Lipinski definition) is 0. The Morgan fingerprint density at radius 3 is 1.50 bits per heavy atom. The van der Waals surface area contributed by atoms with E-state index in [-0.39, 0.29) is 32.5 Å². The first-order valence-corrected chi connectivity index (χ1v) is 6.78. The summed E-state index contributed by atoms with van der Waals surface area (Å²) in [4.78, 5) is 35.5. The van der Waals surface area contributed by atoms with Crippen molar-refractivity contribution in [2.45, 2.75) is 33.6 Å². The molecule has 0 saturated heterocycles. The van der Waals surface area contributed by atoms with E-state index in [0.29, 0.717) is 13.2 Å². The molecule has 7 nitrogen and oxygen atoms in total. The number of esters is 2. The standard InChI is InChI=1S/C13H23NO6/c1-4-18-11(15)7-9-14(13(17)20-6-3)10-8-12(16)19-5-2/h4-10H2,1-3H3. The van der Waals surface area contributed by atoms with Gasteiger partial charge in [-0.2, -0.15) is 0 Å². The van der Waals surface area contributed by atoms with Gasteiger partial charge in [0.25, 0.3) is 0 Å². The Morgan fingerprint density at radius 2 is 1.15 bits per heavy atom. The molecule has 0 aliphatic carbocycles. The summed E-state index contributed by atoms with van der Waals surface area (Å²) in [6.45, 7) is 6.22. The third-order valence-electron chi connectivity index (χ3n) is 2.31. The van der Waals surface area contributed by atoms with Crippen molar-refractivity contribution in [2.75, 3.05) is 32.9 Å². The molecule has 116 valence electrons. The molecule has 0 aromatic heterocycles. The fourth-order valence-electron chi connectivity index (χ4n) is 1.43. The number of rotatable bonds is 9. The van der Waals surface area contributed by atoms with E-state index in [9.17, 15) is 14.4 Å². The van der Waals surface area contributed by atoms with E-state index in [1.54, 1.807) is 20.8 Å². The van der Waals surface area contributed by atoms with Gasteiger partial charge >= 0.3 is 18.0 Å². The predicted octanol–water partition coefficient (Wildman–Crippen LogP) is 1.35.